The van der Waals surface area contributed by atoms with Crippen molar-refractivity contribution in [1.29, 1.82) is 0 Å². The molecule has 0 radical (unpaired) electrons. The first-order chi connectivity index (χ1) is 14.0. The Labute approximate surface area is 168 Å². The van der Waals surface area contributed by atoms with Gasteiger partial charge in [0.25, 0.3) is 5.91 Å². The van der Waals surface area contributed by atoms with Crippen LogP contribution in [0.3, 0.4) is 0 Å². The number of hydrogen-bond acceptors (Lipinski definition) is 4. The van der Waals surface area contributed by atoms with E-state index >= 15 is 0 Å². The van der Waals surface area contributed by atoms with Gasteiger partial charge in [0, 0.05) is 23.6 Å². The largest absolute Gasteiger partial charge is 0.503 e. The number of aliphatic hydroxyl groups excluding tert-OH is 1. The van der Waals surface area contributed by atoms with E-state index in [2.05, 4.69) is 4.98 Å². The van der Waals surface area contributed by atoms with E-state index < -0.39 is 17.7 Å². The molecule has 1 amide bonds. The number of aromatic amines is 1. The average molecular weight is 390 g/mol. The van der Waals surface area contributed by atoms with E-state index in [1.807, 2.05) is 54.7 Å². The molecule has 1 atom stereocenters. The second kappa shape index (κ2) is 7.47. The van der Waals surface area contributed by atoms with Crippen LogP contribution in [0.2, 0.25) is 0 Å². The molecule has 0 saturated heterocycles. The predicted molar refractivity (Wildman–Crippen MR) is 110 cm³/mol. The number of fused-ring (bicyclic) bond motifs is 1. The van der Waals surface area contributed by atoms with Gasteiger partial charge in [0.15, 0.2) is 11.5 Å². The van der Waals surface area contributed by atoms with Crippen molar-refractivity contribution in [2.24, 2.45) is 0 Å². The molecule has 29 heavy (non-hydrogen) atoms. The number of aromatic nitrogens is 1. The molecule has 2 aromatic carbocycles. The highest BCUT2D eigenvalue weighted by molar-refractivity contribution is 6.08. The minimum Gasteiger partial charge on any atom is -0.503 e. The first kappa shape index (κ1) is 18.8. The molecule has 148 valence electrons. The van der Waals surface area contributed by atoms with Crippen LogP contribution in [0.1, 0.15) is 24.1 Å². The minimum absolute atomic E-state index is 0.154. The molecule has 1 aliphatic rings. The smallest absolute Gasteiger partial charge is 0.290 e. The summed E-state index contributed by atoms with van der Waals surface area (Å²) in [5.74, 6) is -0.506. The fourth-order valence-corrected chi connectivity index (χ4v) is 3.96. The lowest BCUT2D eigenvalue weighted by atomic mass is 9.96. The molecule has 0 saturated carbocycles. The van der Waals surface area contributed by atoms with E-state index in [4.69, 9.17) is 4.74 Å². The van der Waals surface area contributed by atoms with Gasteiger partial charge in [-0.15, -0.1) is 0 Å². The van der Waals surface area contributed by atoms with Crippen LogP contribution in [-0.4, -0.2) is 40.3 Å². The van der Waals surface area contributed by atoms with Gasteiger partial charge in [-0.2, -0.15) is 0 Å². The van der Waals surface area contributed by atoms with Gasteiger partial charge in [0.05, 0.1) is 18.7 Å². The molecule has 1 aromatic heterocycles. The third-order valence-corrected chi connectivity index (χ3v) is 5.39. The number of H-pyrrole nitrogens is 1. The second-order valence-electron chi connectivity index (χ2n) is 7.11. The summed E-state index contributed by atoms with van der Waals surface area (Å²) in [6.45, 7) is 1.74. The summed E-state index contributed by atoms with van der Waals surface area (Å²) >= 11 is 0. The van der Waals surface area contributed by atoms with Crippen molar-refractivity contribution >= 4 is 22.6 Å². The summed E-state index contributed by atoms with van der Waals surface area (Å²) in [5.41, 5.74) is 2.98. The van der Waals surface area contributed by atoms with Crippen molar-refractivity contribution in [3.8, 4) is 5.75 Å². The number of ketones is 1. The third kappa shape index (κ3) is 3.27. The van der Waals surface area contributed by atoms with Crippen molar-refractivity contribution in [2.75, 3.05) is 13.7 Å². The number of Topliss-reactive ketones (excluding diaryl/α,β-unsaturated/α-hetero) is 1. The molecule has 0 unspecified atom stereocenters. The monoisotopic (exact) mass is 390 g/mol. The highest BCUT2D eigenvalue weighted by Gasteiger charge is 2.41. The minimum atomic E-state index is -0.582. The predicted octanol–water partition coefficient (Wildman–Crippen LogP) is 3.70. The average Bonchev–Trinajstić information content (AvgIpc) is 3.25. The van der Waals surface area contributed by atoms with E-state index in [1.54, 1.807) is 12.0 Å². The van der Waals surface area contributed by atoms with Gasteiger partial charge in [-0.3, -0.25) is 9.59 Å². The highest BCUT2D eigenvalue weighted by atomic mass is 16.5. The normalized spacial score (nSPS) is 16.7. The van der Waals surface area contributed by atoms with E-state index in [0.717, 1.165) is 27.8 Å². The van der Waals surface area contributed by atoms with Crippen molar-refractivity contribution < 1.29 is 19.4 Å². The maximum atomic E-state index is 12.8. The van der Waals surface area contributed by atoms with Crippen LogP contribution >= 0.6 is 0 Å². The van der Waals surface area contributed by atoms with Gasteiger partial charge >= 0.3 is 0 Å². The van der Waals surface area contributed by atoms with Crippen molar-refractivity contribution in [2.45, 2.75) is 19.4 Å². The fourth-order valence-electron chi connectivity index (χ4n) is 3.96. The lowest BCUT2D eigenvalue weighted by Gasteiger charge is -2.26. The molecule has 2 heterocycles. The SMILES string of the molecule is COc1ccc2[nH]cc(CCN3C(=O)C(O)=C(C(C)=O)[C@@H]3c3ccccc3)c2c1. The fraction of sp³-hybridized carbons (Fsp3) is 0.217. The van der Waals surface area contributed by atoms with Crippen molar-refractivity contribution in [3.05, 3.63) is 77.2 Å². The van der Waals surface area contributed by atoms with Gasteiger partial charge in [-0.25, -0.2) is 0 Å². The maximum Gasteiger partial charge on any atom is 0.290 e. The van der Waals surface area contributed by atoms with Gasteiger partial charge < -0.3 is 19.7 Å². The number of benzene rings is 2. The summed E-state index contributed by atoms with van der Waals surface area (Å²) in [5, 5.41) is 11.4. The summed E-state index contributed by atoms with van der Waals surface area (Å²) < 4.78 is 5.32. The molecule has 1 aliphatic heterocycles. The van der Waals surface area contributed by atoms with Gasteiger partial charge in [-0.1, -0.05) is 30.3 Å². The lowest BCUT2D eigenvalue weighted by molar-refractivity contribution is -0.129. The number of aliphatic hydroxyl groups is 1. The van der Waals surface area contributed by atoms with Gasteiger partial charge in [0.1, 0.15) is 5.75 Å². The standard InChI is InChI=1S/C23H22N2O4/c1-14(26)20-21(15-6-4-3-5-7-15)25(23(28)22(20)27)11-10-16-13-24-19-9-8-17(29-2)12-18(16)19/h3-9,12-13,21,24,27H,10-11H2,1-2H3/t21-/m0/s1. The summed E-state index contributed by atoms with van der Waals surface area (Å²) in [6.07, 6.45) is 2.49. The molecule has 4 rings (SSSR count). The molecule has 0 aliphatic carbocycles. The molecule has 6 nitrogen and oxygen atoms in total. The first-order valence-corrected chi connectivity index (χ1v) is 9.45. The number of ether oxygens (including phenoxy) is 1. The first-order valence-electron chi connectivity index (χ1n) is 9.45. The molecular weight excluding hydrogens is 368 g/mol. The summed E-state index contributed by atoms with van der Waals surface area (Å²) in [6, 6.07) is 14.5. The quantitative estimate of drug-likeness (QED) is 0.672. The van der Waals surface area contributed by atoms with E-state index in [9.17, 15) is 14.7 Å². The van der Waals surface area contributed by atoms with Crippen molar-refractivity contribution in [1.82, 2.24) is 9.88 Å². The van der Waals surface area contributed by atoms with E-state index in [0.29, 0.717) is 13.0 Å². The van der Waals surface area contributed by atoms with E-state index in [-0.39, 0.29) is 11.4 Å². The zero-order valence-corrected chi connectivity index (χ0v) is 16.3. The Balaban J connectivity index is 1.65. The Morgan fingerprint density at radius 3 is 2.66 bits per heavy atom. The Hall–Kier alpha value is -3.54. The van der Waals surface area contributed by atoms with E-state index in [1.165, 1.54) is 6.92 Å². The van der Waals surface area contributed by atoms with Crippen LogP contribution in [0.15, 0.2) is 66.1 Å². The topological polar surface area (TPSA) is 82.6 Å². The van der Waals surface area contributed by atoms with Crippen LogP contribution in [0, 0.1) is 0 Å². The molecule has 0 spiro atoms. The number of amides is 1. The molecule has 6 heteroatoms. The number of carbonyl (C=O) groups excluding carboxylic acids is 2. The number of nitrogens with zero attached hydrogens (tertiary/aromatic N) is 1. The van der Waals surface area contributed by atoms with Crippen LogP contribution in [-0.2, 0) is 16.0 Å². The lowest BCUT2D eigenvalue weighted by Crippen LogP contribution is -2.32. The Morgan fingerprint density at radius 2 is 1.97 bits per heavy atom. The number of methoxy groups -OCH3 is 1. The van der Waals surface area contributed by atoms with Crippen molar-refractivity contribution in [3.63, 3.8) is 0 Å². The van der Waals surface area contributed by atoms with Crippen LogP contribution in [0.4, 0.5) is 0 Å². The van der Waals surface area contributed by atoms with Gasteiger partial charge in [0.2, 0.25) is 0 Å². The van der Waals surface area contributed by atoms with Crippen LogP contribution in [0.5, 0.6) is 5.75 Å². The molecular formula is C23H22N2O4. The Kier molecular flexibility index (Phi) is 4.84. The number of carbonyl (C=O) groups is 2. The maximum absolute atomic E-state index is 12.8. The Morgan fingerprint density at radius 1 is 1.21 bits per heavy atom. The summed E-state index contributed by atoms with van der Waals surface area (Å²) in [7, 11) is 1.62. The zero-order valence-electron chi connectivity index (χ0n) is 16.3. The number of rotatable bonds is 6. The van der Waals surface area contributed by atoms with Gasteiger partial charge in [-0.05, 0) is 42.7 Å². The highest BCUT2D eigenvalue weighted by Crippen LogP contribution is 2.37. The van der Waals surface area contributed by atoms with Crippen LogP contribution in [0.25, 0.3) is 10.9 Å². The molecule has 3 aromatic rings. The third-order valence-electron chi connectivity index (χ3n) is 5.39. The molecule has 0 fully saturated rings. The molecule has 2 N–H and O–H groups in total. The summed E-state index contributed by atoms with van der Waals surface area (Å²) in [4.78, 5) is 29.8. The number of nitrogens with one attached hydrogen (secondary N) is 1. The second-order valence-corrected chi connectivity index (χ2v) is 7.11. The zero-order chi connectivity index (χ0) is 20.5. The number of hydrogen-bond donors (Lipinski definition) is 2. The Bertz CT molecular complexity index is 1110. The molecule has 0 bridgehead atoms. The van der Waals surface area contributed by atoms with Crippen LogP contribution < -0.4 is 4.74 Å².